The van der Waals surface area contributed by atoms with Gasteiger partial charge in [0.05, 0.1) is 5.56 Å². The molecule has 110 valence electrons. The topological polar surface area (TPSA) is 67.8 Å². The van der Waals surface area contributed by atoms with Crippen LogP contribution in [0.15, 0.2) is 48.7 Å². The lowest BCUT2D eigenvalue weighted by Gasteiger charge is -2.03. The summed E-state index contributed by atoms with van der Waals surface area (Å²) < 4.78 is 0. The molecule has 1 aromatic carbocycles. The molecule has 0 saturated carbocycles. The quantitative estimate of drug-likeness (QED) is 0.804. The number of carbonyl (C=O) groups is 1. The molecule has 5 nitrogen and oxygen atoms in total. The Morgan fingerprint density at radius 3 is 2.73 bits per heavy atom. The van der Waals surface area contributed by atoms with Gasteiger partial charge in [-0.1, -0.05) is 41.7 Å². The molecule has 0 aliphatic carbocycles. The Morgan fingerprint density at radius 1 is 1.14 bits per heavy atom. The van der Waals surface area contributed by atoms with Crippen LogP contribution in [0.25, 0.3) is 0 Å². The van der Waals surface area contributed by atoms with Crippen LogP contribution in [-0.4, -0.2) is 21.1 Å². The summed E-state index contributed by atoms with van der Waals surface area (Å²) >= 11 is 1.38. The van der Waals surface area contributed by atoms with Gasteiger partial charge in [-0.2, -0.15) is 0 Å². The van der Waals surface area contributed by atoms with E-state index in [2.05, 4.69) is 20.5 Å². The van der Waals surface area contributed by atoms with Crippen LogP contribution >= 0.6 is 11.3 Å². The first kappa shape index (κ1) is 14.3. The zero-order chi connectivity index (χ0) is 15.4. The van der Waals surface area contributed by atoms with E-state index in [1.807, 2.05) is 30.3 Å². The molecular weight excluding hydrogens is 296 g/mol. The molecule has 22 heavy (non-hydrogen) atoms. The first-order valence-electron chi connectivity index (χ1n) is 6.81. The van der Waals surface area contributed by atoms with E-state index in [0.717, 1.165) is 5.01 Å². The third-order valence-electron chi connectivity index (χ3n) is 3.14. The molecule has 0 saturated heterocycles. The van der Waals surface area contributed by atoms with Crippen molar-refractivity contribution in [3.8, 4) is 0 Å². The van der Waals surface area contributed by atoms with E-state index < -0.39 is 0 Å². The molecular formula is C16H14N4OS. The summed E-state index contributed by atoms with van der Waals surface area (Å²) in [6.45, 7) is 1.80. The third-order valence-corrected chi connectivity index (χ3v) is 3.98. The van der Waals surface area contributed by atoms with E-state index in [1.54, 1.807) is 25.3 Å². The summed E-state index contributed by atoms with van der Waals surface area (Å²) in [5, 5.41) is 12.3. The molecule has 1 amide bonds. The number of anilines is 1. The first-order valence-corrected chi connectivity index (χ1v) is 7.63. The van der Waals surface area contributed by atoms with Crippen molar-refractivity contribution >= 4 is 22.4 Å². The first-order chi connectivity index (χ1) is 10.7. The Hall–Kier alpha value is -2.60. The fourth-order valence-corrected chi connectivity index (χ4v) is 2.80. The van der Waals surface area contributed by atoms with Crippen LogP contribution in [0.1, 0.15) is 26.6 Å². The van der Waals surface area contributed by atoms with Gasteiger partial charge in [0.15, 0.2) is 0 Å². The number of hydrogen-bond acceptors (Lipinski definition) is 5. The summed E-state index contributed by atoms with van der Waals surface area (Å²) in [7, 11) is 0. The predicted octanol–water partition coefficient (Wildman–Crippen LogP) is 3.08. The normalized spacial score (nSPS) is 10.4. The Balaban J connectivity index is 1.69. The van der Waals surface area contributed by atoms with Gasteiger partial charge in [-0.15, -0.1) is 10.2 Å². The monoisotopic (exact) mass is 310 g/mol. The average molecular weight is 310 g/mol. The van der Waals surface area contributed by atoms with Gasteiger partial charge in [0.2, 0.25) is 5.13 Å². The zero-order valence-electron chi connectivity index (χ0n) is 12.0. The highest BCUT2D eigenvalue weighted by Crippen LogP contribution is 2.19. The Bertz CT molecular complexity index is 786. The molecule has 0 atom stereocenters. The standard InChI is InChI=1S/C16H14N4OS/c1-11-13(8-5-9-17-11)15(21)18-16-20-19-14(22-16)10-12-6-3-2-4-7-12/h2-9H,10H2,1H3,(H,18,20,21). The third kappa shape index (κ3) is 3.35. The molecule has 2 heterocycles. The number of aromatic nitrogens is 3. The molecule has 0 aliphatic rings. The maximum atomic E-state index is 12.2. The van der Waals surface area contributed by atoms with Crippen LogP contribution in [0.3, 0.4) is 0 Å². The van der Waals surface area contributed by atoms with E-state index in [9.17, 15) is 4.79 Å². The fourth-order valence-electron chi connectivity index (χ4n) is 2.03. The van der Waals surface area contributed by atoms with E-state index in [1.165, 1.54) is 16.9 Å². The van der Waals surface area contributed by atoms with Crippen molar-refractivity contribution in [3.05, 3.63) is 70.5 Å². The molecule has 0 fully saturated rings. The van der Waals surface area contributed by atoms with E-state index in [0.29, 0.717) is 22.8 Å². The van der Waals surface area contributed by atoms with Crippen LogP contribution in [0.5, 0.6) is 0 Å². The number of carbonyl (C=O) groups excluding carboxylic acids is 1. The molecule has 3 rings (SSSR count). The second kappa shape index (κ2) is 6.44. The number of aryl methyl sites for hydroxylation is 1. The molecule has 0 radical (unpaired) electrons. The smallest absolute Gasteiger partial charge is 0.259 e. The summed E-state index contributed by atoms with van der Waals surface area (Å²) in [6.07, 6.45) is 2.37. The van der Waals surface area contributed by atoms with Crippen molar-refractivity contribution in [1.29, 1.82) is 0 Å². The van der Waals surface area contributed by atoms with Crippen molar-refractivity contribution in [2.24, 2.45) is 0 Å². The predicted molar refractivity (Wildman–Crippen MR) is 86.1 cm³/mol. The van der Waals surface area contributed by atoms with Gasteiger partial charge in [-0.25, -0.2) is 0 Å². The Kier molecular flexibility index (Phi) is 4.20. The SMILES string of the molecule is Cc1ncccc1C(=O)Nc1nnc(Cc2ccccc2)s1. The van der Waals surface area contributed by atoms with Crippen molar-refractivity contribution < 1.29 is 4.79 Å². The lowest BCUT2D eigenvalue weighted by molar-refractivity contribution is 0.102. The van der Waals surface area contributed by atoms with Crippen molar-refractivity contribution in [3.63, 3.8) is 0 Å². The molecule has 0 bridgehead atoms. The number of hydrogen-bond donors (Lipinski definition) is 1. The maximum Gasteiger partial charge on any atom is 0.259 e. The lowest BCUT2D eigenvalue weighted by atomic mass is 10.2. The zero-order valence-corrected chi connectivity index (χ0v) is 12.8. The number of pyridine rings is 1. The number of rotatable bonds is 4. The summed E-state index contributed by atoms with van der Waals surface area (Å²) in [6, 6.07) is 13.5. The number of amides is 1. The van der Waals surface area contributed by atoms with E-state index >= 15 is 0 Å². The Morgan fingerprint density at radius 2 is 1.95 bits per heavy atom. The molecule has 1 N–H and O–H groups in total. The van der Waals surface area contributed by atoms with Crippen molar-refractivity contribution in [2.75, 3.05) is 5.32 Å². The van der Waals surface area contributed by atoms with Gasteiger partial charge in [-0.05, 0) is 24.6 Å². The largest absolute Gasteiger partial charge is 0.296 e. The van der Waals surface area contributed by atoms with Gasteiger partial charge in [0.1, 0.15) is 5.01 Å². The highest BCUT2D eigenvalue weighted by atomic mass is 32.1. The van der Waals surface area contributed by atoms with Crippen molar-refractivity contribution in [1.82, 2.24) is 15.2 Å². The molecule has 0 unspecified atom stereocenters. The maximum absolute atomic E-state index is 12.2. The average Bonchev–Trinajstić information content (AvgIpc) is 2.95. The van der Waals surface area contributed by atoms with Crippen LogP contribution < -0.4 is 5.32 Å². The summed E-state index contributed by atoms with van der Waals surface area (Å²) in [5.74, 6) is -0.215. The second-order valence-electron chi connectivity index (χ2n) is 4.75. The van der Waals surface area contributed by atoms with Crippen LogP contribution in [0.2, 0.25) is 0 Å². The number of nitrogens with one attached hydrogen (secondary N) is 1. The van der Waals surface area contributed by atoms with E-state index in [4.69, 9.17) is 0 Å². The molecule has 3 aromatic rings. The lowest BCUT2D eigenvalue weighted by Crippen LogP contribution is -2.13. The van der Waals surface area contributed by atoms with Gasteiger partial charge < -0.3 is 0 Å². The van der Waals surface area contributed by atoms with Crippen LogP contribution in [-0.2, 0) is 6.42 Å². The van der Waals surface area contributed by atoms with E-state index in [-0.39, 0.29) is 5.91 Å². The van der Waals surface area contributed by atoms with Crippen LogP contribution in [0, 0.1) is 6.92 Å². The van der Waals surface area contributed by atoms with Crippen LogP contribution in [0.4, 0.5) is 5.13 Å². The molecule has 2 aromatic heterocycles. The van der Waals surface area contributed by atoms with Gasteiger partial charge in [0, 0.05) is 18.3 Å². The molecule has 0 spiro atoms. The minimum absolute atomic E-state index is 0.215. The summed E-state index contributed by atoms with van der Waals surface area (Å²) in [5.41, 5.74) is 2.40. The highest BCUT2D eigenvalue weighted by Gasteiger charge is 2.12. The number of benzene rings is 1. The van der Waals surface area contributed by atoms with Gasteiger partial charge in [0.25, 0.3) is 5.91 Å². The second-order valence-corrected chi connectivity index (χ2v) is 5.82. The van der Waals surface area contributed by atoms with Gasteiger partial charge in [-0.3, -0.25) is 15.1 Å². The summed E-state index contributed by atoms with van der Waals surface area (Å²) in [4.78, 5) is 16.3. The number of nitrogens with zero attached hydrogens (tertiary/aromatic N) is 3. The van der Waals surface area contributed by atoms with Gasteiger partial charge >= 0.3 is 0 Å². The minimum Gasteiger partial charge on any atom is -0.296 e. The minimum atomic E-state index is -0.215. The van der Waals surface area contributed by atoms with Crippen molar-refractivity contribution in [2.45, 2.75) is 13.3 Å². The fraction of sp³-hybridized carbons (Fsp3) is 0.125. The molecule has 0 aliphatic heterocycles. The Labute approximate surface area is 132 Å². The molecule has 6 heteroatoms. The highest BCUT2D eigenvalue weighted by molar-refractivity contribution is 7.15.